The van der Waals surface area contributed by atoms with Crippen LogP contribution in [0.2, 0.25) is 0 Å². The van der Waals surface area contributed by atoms with Crippen LogP contribution in [0.3, 0.4) is 0 Å². The van der Waals surface area contributed by atoms with E-state index < -0.39 is 15.8 Å². The van der Waals surface area contributed by atoms with Gasteiger partial charge in [0.1, 0.15) is 5.82 Å². The van der Waals surface area contributed by atoms with Gasteiger partial charge in [0.25, 0.3) is 0 Å². The molecule has 0 aliphatic carbocycles. The molecule has 6 nitrogen and oxygen atoms in total. The first-order valence-corrected chi connectivity index (χ1v) is 8.19. The average molecular weight is 317 g/mol. The SMILES string of the molecule is CN1CCOC(CNS(=O)(=O)c2ccc(F)c(CN)c2)C1. The third-order valence-electron chi connectivity index (χ3n) is 3.39. The Morgan fingerprint density at radius 2 is 2.29 bits per heavy atom. The molecule has 1 atom stereocenters. The molecular weight excluding hydrogens is 297 g/mol. The van der Waals surface area contributed by atoms with Gasteiger partial charge in [0.2, 0.25) is 10.0 Å². The van der Waals surface area contributed by atoms with E-state index in [0.717, 1.165) is 12.6 Å². The van der Waals surface area contributed by atoms with Gasteiger partial charge < -0.3 is 15.4 Å². The Kier molecular flexibility index (Phi) is 5.28. The van der Waals surface area contributed by atoms with Gasteiger partial charge in [0, 0.05) is 31.7 Å². The summed E-state index contributed by atoms with van der Waals surface area (Å²) in [7, 11) is -1.74. The van der Waals surface area contributed by atoms with Crippen molar-refractivity contribution in [2.45, 2.75) is 17.5 Å². The Morgan fingerprint density at radius 3 is 2.95 bits per heavy atom. The molecule has 21 heavy (non-hydrogen) atoms. The molecule has 0 amide bonds. The van der Waals surface area contributed by atoms with Crippen LogP contribution in [0, 0.1) is 5.82 Å². The van der Waals surface area contributed by atoms with Crippen molar-refractivity contribution in [3.8, 4) is 0 Å². The number of halogens is 1. The number of morpholine rings is 1. The number of hydrogen-bond acceptors (Lipinski definition) is 5. The highest BCUT2D eigenvalue weighted by atomic mass is 32.2. The van der Waals surface area contributed by atoms with E-state index in [1.165, 1.54) is 12.1 Å². The highest BCUT2D eigenvalue weighted by molar-refractivity contribution is 7.89. The number of nitrogens with one attached hydrogen (secondary N) is 1. The van der Waals surface area contributed by atoms with Crippen LogP contribution in [0.4, 0.5) is 4.39 Å². The highest BCUT2D eigenvalue weighted by Crippen LogP contribution is 2.15. The molecule has 0 radical (unpaired) electrons. The lowest BCUT2D eigenvalue weighted by Gasteiger charge is -2.30. The zero-order valence-electron chi connectivity index (χ0n) is 11.9. The lowest BCUT2D eigenvalue weighted by Crippen LogP contribution is -2.45. The maximum atomic E-state index is 13.4. The number of rotatable bonds is 5. The number of sulfonamides is 1. The second kappa shape index (κ2) is 6.80. The van der Waals surface area contributed by atoms with E-state index in [-0.39, 0.29) is 29.7 Å². The maximum Gasteiger partial charge on any atom is 0.240 e. The first kappa shape index (κ1) is 16.3. The molecule has 0 spiro atoms. The molecule has 2 rings (SSSR count). The maximum absolute atomic E-state index is 13.4. The molecule has 0 aromatic heterocycles. The summed E-state index contributed by atoms with van der Waals surface area (Å²) in [5.74, 6) is -0.506. The molecule has 1 unspecified atom stereocenters. The molecule has 1 aromatic rings. The third-order valence-corrected chi connectivity index (χ3v) is 4.81. The van der Waals surface area contributed by atoms with Gasteiger partial charge in [-0.1, -0.05) is 0 Å². The van der Waals surface area contributed by atoms with Crippen molar-refractivity contribution in [2.24, 2.45) is 5.73 Å². The summed E-state index contributed by atoms with van der Waals surface area (Å²) in [6.45, 7) is 2.21. The van der Waals surface area contributed by atoms with Crippen LogP contribution in [0.15, 0.2) is 23.1 Å². The molecule has 1 aromatic carbocycles. The summed E-state index contributed by atoms with van der Waals surface area (Å²) in [5.41, 5.74) is 5.56. The van der Waals surface area contributed by atoms with Gasteiger partial charge in [0.15, 0.2) is 0 Å². The van der Waals surface area contributed by atoms with Gasteiger partial charge in [-0.25, -0.2) is 17.5 Å². The zero-order chi connectivity index (χ0) is 15.5. The summed E-state index contributed by atoms with van der Waals surface area (Å²) in [5, 5.41) is 0. The van der Waals surface area contributed by atoms with Gasteiger partial charge in [-0.3, -0.25) is 0 Å². The Bertz CT molecular complexity index is 594. The molecule has 1 heterocycles. The van der Waals surface area contributed by atoms with E-state index in [2.05, 4.69) is 9.62 Å². The zero-order valence-corrected chi connectivity index (χ0v) is 12.7. The van der Waals surface area contributed by atoms with Crippen molar-refractivity contribution in [3.63, 3.8) is 0 Å². The van der Waals surface area contributed by atoms with Crippen molar-refractivity contribution in [2.75, 3.05) is 33.3 Å². The van der Waals surface area contributed by atoms with Crippen molar-refractivity contribution < 1.29 is 17.5 Å². The predicted molar refractivity (Wildman–Crippen MR) is 76.7 cm³/mol. The third kappa shape index (κ3) is 4.21. The normalized spacial score (nSPS) is 20.6. The topological polar surface area (TPSA) is 84.7 Å². The quantitative estimate of drug-likeness (QED) is 0.792. The van der Waals surface area contributed by atoms with Crippen molar-refractivity contribution in [3.05, 3.63) is 29.6 Å². The Balaban J connectivity index is 2.04. The first-order chi connectivity index (χ1) is 9.92. The van der Waals surface area contributed by atoms with Crippen LogP contribution < -0.4 is 10.5 Å². The number of ether oxygens (including phenoxy) is 1. The van der Waals surface area contributed by atoms with Gasteiger partial charge in [0.05, 0.1) is 17.6 Å². The Morgan fingerprint density at radius 1 is 1.52 bits per heavy atom. The fraction of sp³-hybridized carbons (Fsp3) is 0.538. The summed E-state index contributed by atoms with van der Waals surface area (Å²) in [4.78, 5) is 2.08. The second-order valence-electron chi connectivity index (χ2n) is 5.06. The highest BCUT2D eigenvalue weighted by Gasteiger charge is 2.21. The molecule has 0 bridgehead atoms. The molecule has 8 heteroatoms. The van der Waals surface area contributed by atoms with E-state index in [0.29, 0.717) is 13.2 Å². The van der Waals surface area contributed by atoms with Crippen LogP contribution in [0.25, 0.3) is 0 Å². The summed E-state index contributed by atoms with van der Waals surface area (Å²) in [6.07, 6.45) is -0.187. The van der Waals surface area contributed by atoms with Gasteiger partial charge in [-0.15, -0.1) is 0 Å². The summed E-state index contributed by atoms with van der Waals surface area (Å²) < 4.78 is 45.7. The molecule has 1 saturated heterocycles. The lowest BCUT2D eigenvalue weighted by molar-refractivity contribution is -0.0156. The minimum atomic E-state index is -3.70. The number of nitrogens with two attached hydrogens (primary N) is 1. The van der Waals surface area contributed by atoms with E-state index in [4.69, 9.17) is 10.5 Å². The molecule has 1 aliphatic heterocycles. The van der Waals surface area contributed by atoms with Crippen molar-refractivity contribution in [1.82, 2.24) is 9.62 Å². The van der Waals surface area contributed by atoms with E-state index in [1.54, 1.807) is 0 Å². The molecule has 1 aliphatic rings. The number of likely N-dealkylation sites (N-methyl/N-ethyl adjacent to an activating group) is 1. The van der Waals surface area contributed by atoms with Gasteiger partial charge in [-0.2, -0.15) is 0 Å². The molecule has 0 saturated carbocycles. The summed E-state index contributed by atoms with van der Waals surface area (Å²) >= 11 is 0. The van der Waals surface area contributed by atoms with E-state index in [1.807, 2.05) is 7.05 Å². The standard InChI is InChI=1S/C13H20FN3O3S/c1-17-4-5-20-11(9-17)8-16-21(18,19)12-2-3-13(14)10(6-12)7-15/h2-3,6,11,16H,4-5,7-9,15H2,1H3. The van der Waals surface area contributed by atoms with Crippen molar-refractivity contribution >= 4 is 10.0 Å². The predicted octanol–water partition coefficient (Wildman–Crippen LogP) is -0.107. The fourth-order valence-corrected chi connectivity index (χ4v) is 3.27. The number of benzene rings is 1. The van der Waals surface area contributed by atoms with E-state index in [9.17, 15) is 12.8 Å². The fourth-order valence-electron chi connectivity index (χ4n) is 2.15. The lowest BCUT2D eigenvalue weighted by atomic mass is 10.2. The molecule has 118 valence electrons. The minimum Gasteiger partial charge on any atom is -0.374 e. The van der Waals surface area contributed by atoms with Crippen LogP contribution >= 0.6 is 0 Å². The summed E-state index contributed by atoms with van der Waals surface area (Å²) in [6, 6.07) is 3.60. The van der Waals surface area contributed by atoms with Gasteiger partial charge >= 0.3 is 0 Å². The minimum absolute atomic E-state index is 0.00788. The smallest absolute Gasteiger partial charge is 0.240 e. The number of hydrogen-bond donors (Lipinski definition) is 2. The number of nitrogens with zero attached hydrogens (tertiary/aromatic N) is 1. The Labute approximate surface area is 124 Å². The second-order valence-corrected chi connectivity index (χ2v) is 6.83. The molecule has 3 N–H and O–H groups in total. The average Bonchev–Trinajstić information content (AvgIpc) is 2.46. The van der Waals surface area contributed by atoms with Crippen LogP contribution in [-0.4, -0.2) is 52.7 Å². The van der Waals surface area contributed by atoms with Crippen molar-refractivity contribution in [1.29, 1.82) is 0 Å². The first-order valence-electron chi connectivity index (χ1n) is 6.70. The van der Waals surface area contributed by atoms with Crippen LogP contribution in [0.1, 0.15) is 5.56 Å². The Hall–Kier alpha value is -1.06. The van der Waals surface area contributed by atoms with Crippen LogP contribution in [0.5, 0.6) is 0 Å². The monoisotopic (exact) mass is 317 g/mol. The molecular formula is C13H20FN3O3S. The molecule has 1 fully saturated rings. The van der Waals surface area contributed by atoms with Gasteiger partial charge in [-0.05, 0) is 25.2 Å². The van der Waals surface area contributed by atoms with E-state index >= 15 is 0 Å². The largest absolute Gasteiger partial charge is 0.374 e. The van der Waals surface area contributed by atoms with Crippen LogP contribution in [-0.2, 0) is 21.3 Å².